The van der Waals surface area contributed by atoms with Crippen LogP contribution in [0.3, 0.4) is 0 Å². The molecule has 0 radical (unpaired) electrons. The van der Waals surface area contributed by atoms with E-state index in [2.05, 4.69) is 10.3 Å². The number of ether oxygens (including phenoxy) is 1. The van der Waals surface area contributed by atoms with Crippen LogP contribution in [-0.2, 0) is 6.54 Å². The van der Waals surface area contributed by atoms with Crippen molar-refractivity contribution in [3.05, 3.63) is 66.1 Å². The number of rotatable bonds is 4. The average Bonchev–Trinajstić information content (AvgIpc) is 2.47. The van der Waals surface area contributed by atoms with Crippen LogP contribution in [-0.4, -0.2) is 12.0 Å². The standard InChI is InChI=1S/C17H15FN2O/c1-19-11-12-7-14(18)9-16(8-12)21-15-5-4-13-3-2-6-20-17(13)10-15/h2-10,19H,11H2,1H3. The molecule has 106 valence electrons. The summed E-state index contributed by atoms with van der Waals surface area (Å²) in [7, 11) is 1.82. The Morgan fingerprint density at radius 2 is 2.00 bits per heavy atom. The van der Waals surface area contributed by atoms with E-state index in [9.17, 15) is 4.39 Å². The van der Waals surface area contributed by atoms with E-state index in [1.54, 1.807) is 6.20 Å². The van der Waals surface area contributed by atoms with E-state index in [0.29, 0.717) is 18.0 Å². The highest BCUT2D eigenvalue weighted by Crippen LogP contribution is 2.26. The molecule has 1 aromatic heterocycles. The van der Waals surface area contributed by atoms with Crippen LogP contribution in [0.1, 0.15) is 5.56 Å². The number of aromatic nitrogens is 1. The molecule has 3 aromatic rings. The molecular weight excluding hydrogens is 267 g/mol. The smallest absolute Gasteiger partial charge is 0.130 e. The number of pyridine rings is 1. The van der Waals surface area contributed by atoms with Crippen LogP contribution >= 0.6 is 0 Å². The molecule has 0 aliphatic heterocycles. The van der Waals surface area contributed by atoms with Crippen molar-refractivity contribution in [2.45, 2.75) is 6.54 Å². The van der Waals surface area contributed by atoms with Crippen LogP contribution in [0.25, 0.3) is 10.9 Å². The third kappa shape index (κ3) is 3.17. The summed E-state index contributed by atoms with van der Waals surface area (Å²) in [5, 5.41) is 4.04. The lowest BCUT2D eigenvalue weighted by Crippen LogP contribution is -2.05. The maximum Gasteiger partial charge on any atom is 0.130 e. The second-order valence-electron chi connectivity index (χ2n) is 4.79. The van der Waals surface area contributed by atoms with Crippen LogP contribution in [0, 0.1) is 5.82 Å². The molecule has 0 spiro atoms. The van der Waals surface area contributed by atoms with Gasteiger partial charge in [-0.2, -0.15) is 0 Å². The first-order valence-corrected chi connectivity index (χ1v) is 6.71. The molecule has 0 amide bonds. The van der Waals surface area contributed by atoms with Crippen molar-refractivity contribution in [1.82, 2.24) is 10.3 Å². The first-order chi connectivity index (χ1) is 10.2. The molecule has 1 N–H and O–H groups in total. The molecule has 0 saturated carbocycles. The number of benzene rings is 2. The number of hydrogen-bond donors (Lipinski definition) is 1. The fourth-order valence-corrected chi connectivity index (χ4v) is 2.23. The van der Waals surface area contributed by atoms with Crippen LogP contribution in [0.5, 0.6) is 11.5 Å². The van der Waals surface area contributed by atoms with E-state index in [4.69, 9.17) is 4.74 Å². The second-order valence-corrected chi connectivity index (χ2v) is 4.79. The molecule has 0 fully saturated rings. The summed E-state index contributed by atoms with van der Waals surface area (Å²) >= 11 is 0. The van der Waals surface area contributed by atoms with Gasteiger partial charge in [0.1, 0.15) is 17.3 Å². The van der Waals surface area contributed by atoms with Gasteiger partial charge in [-0.3, -0.25) is 4.98 Å². The Kier molecular flexibility index (Phi) is 3.79. The average molecular weight is 282 g/mol. The van der Waals surface area contributed by atoms with Gasteiger partial charge in [-0.1, -0.05) is 6.07 Å². The number of nitrogens with zero attached hydrogens (tertiary/aromatic N) is 1. The lowest BCUT2D eigenvalue weighted by Gasteiger charge is -2.09. The van der Waals surface area contributed by atoms with Crippen LogP contribution in [0.15, 0.2) is 54.7 Å². The molecule has 0 saturated heterocycles. The highest BCUT2D eigenvalue weighted by molar-refractivity contribution is 5.79. The summed E-state index contributed by atoms with van der Waals surface area (Å²) in [6.45, 7) is 0.591. The van der Waals surface area contributed by atoms with Gasteiger partial charge < -0.3 is 10.1 Å². The van der Waals surface area contributed by atoms with Crippen LogP contribution in [0.2, 0.25) is 0 Å². The van der Waals surface area contributed by atoms with Gasteiger partial charge in [0.25, 0.3) is 0 Å². The second kappa shape index (κ2) is 5.89. The third-order valence-electron chi connectivity index (χ3n) is 3.13. The predicted molar refractivity (Wildman–Crippen MR) is 81.0 cm³/mol. The van der Waals surface area contributed by atoms with Gasteiger partial charge in [-0.25, -0.2) is 4.39 Å². The summed E-state index contributed by atoms with van der Waals surface area (Å²) in [5.41, 5.74) is 1.69. The van der Waals surface area contributed by atoms with Crippen molar-refractivity contribution in [2.75, 3.05) is 7.05 Å². The molecule has 0 atom stereocenters. The van der Waals surface area contributed by atoms with E-state index < -0.39 is 0 Å². The Morgan fingerprint density at radius 1 is 1.10 bits per heavy atom. The van der Waals surface area contributed by atoms with Crippen molar-refractivity contribution < 1.29 is 9.13 Å². The highest BCUT2D eigenvalue weighted by atomic mass is 19.1. The lowest BCUT2D eigenvalue weighted by atomic mass is 10.2. The molecule has 3 nitrogen and oxygen atoms in total. The van der Waals surface area contributed by atoms with E-state index in [-0.39, 0.29) is 5.82 Å². The quantitative estimate of drug-likeness (QED) is 0.788. The summed E-state index contributed by atoms with van der Waals surface area (Å²) in [4.78, 5) is 4.28. The molecule has 0 aliphatic rings. The van der Waals surface area contributed by atoms with Gasteiger partial charge in [0, 0.05) is 30.3 Å². The Hall–Kier alpha value is -2.46. The summed E-state index contributed by atoms with van der Waals surface area (Å²) in [5.74, 6) is 0.814. The zero-order chi connectivity index (χ0) is 14.7. The van der Waals surface area contributed by atoms with Gasteiger partial charge in [0.15, 0.2) is 0 Å². The Bertz CT molecular complexity index is 774. The maximum absolute atomic E-state index is 13.6. The van der Waals surface area contributed by atoms with Gasteiger partial charge in [0.2, 0.25) is 0 Å². The first kappa shape index (κ1) is 13.5. The summed E-state index contributed by atoms with van der Waals surface area (Å²) in [6, 6.07) is 14.2. The Balaban J connectivity index is 1.90. The van der Waals surface area contributed by atoms with E-state index in [0.717, 1.165) is 16.5 Å². The molecule has 21 heavy (non-hydrogen) atoms. The topological polar surface area (TPSA) is 34.1 Å². The fraction of sp³-hybridized carbons (Fsp3) is 0.118. The zero-order valence-electron chi connectivity index (χ0n) is 11.6. The number of hydrogen-bond acceptors (Lipinski definition) is 3. The van der Waals surface area contributed by atoms with Gasteiger partial charge in [0.05, 0.1) is 5.52 Å². The van der Waals surface area contributed by atoms with Crippen LogP contribution < -0.4 is 10.1 Å². The minimum absolute atomic E-state index is 0.309. The third-order valence-corrected chi connectivity index (χ3v) is 3.13. The fourth-order valence-electron chi connectivity index (χ4n) is 2.23. The first-order valence-electron chi connectivity index (χ1n) is 6.71. The lowest BCUT2D eigenvalue weighted by molar-refractivity contribution is 0.476. The molecule has 0 unspecified atom stereocenters. The monoisotopic (exact) mass is 282 g/mol. The predicted octanol–water partition coefficient (Wildman–Crippen LogP) is 3.89. The van der Waals surface area contributed by atoms with Gasteiger partial charge in [-0.15, -0.1) is 0 Å². The van der Waals surface area contributed by atoms with Crippen molar-refractivity contribution in [2.24, 2.45) is 0 Å². The molecule has 4 heteroatoms. The molecule has 2 aromatic carbocycles. The van der Waals surface area contributed by atoms with Crippen LogP contribution in [0.4, 0.5) is 4.39 Å². The summed E-state index contributed by atoms with van der Waals surface area (Å²) in [6.07, 6.45) is 1.74. The van der Waals surface area contributed by atoms with Gasteiger partial charge >= 0.3 is 0 Å². The molecular formula is C17H15FN2O. The maximum atomic E-state index is 13.6. The number of nitrogens with one attached hydrogen (secondary N) is 1. The molecule has 1 heterocycles. The van der Waals surface area contributed by atoms with E-state index in [1.165, 1.54) is 12.1 Å². The molecule has 0 bridgehead atoms. The SMILES string of the molecule is CNCc1cc(F)cc(Oc2ccc3cccnc3c2)c1. The van der Waals surface area contributed by atoms with Gasteiger partial charge in [-0.05, 0) is 42.9 Å². The Morgan fingerprint density at radius 3 is 2.86 bits per heavy atom. The molecule has 0 aliphatic carbocycles. The van der Waals surface area contributed by atoms with Crippen molar-refractivity contribution in [3.8, 4) is 11.5 Å². The minimum atomic E-state index is -0.309. The minimum Gasteiger partial charge on any atom is -0.457 e. The summed E-state index contributed by atoms with van der Waals surface area (Å²) < 4.78 is 19.3. The Labute approximate surface area is 122 Å². The van der Waals surface area contributed by atoms with Crippen molar-refractivity contribution >= 4 is 10.9 Å². The highest BCUT2D eigenvalue weighted by Gasteiger charge is 2.04. The molecule has 3 rings (SSSR count). The largest absolute Gasteiger partial charge is 0.457 e. The zero-order valence-corrected chi connectivity index (χ0v) is 11.6. The van der Waals surface area contributed by atoms with E-state index in [1.807, 2.05) is 43.4 Å². The number of fused-ring (bicyclic) bond motifs is 1. The number of halogens is 1. The van der Waals surface area contributed by atoms with Crippen molar-refractivity contribution in [3.63, 3.8) is 0 Å². The van der Waals surface area contributed by atoms with E-state index >= 15 is 0 Å². The normalized spacial score (nSPS) is 10.8. The van der Waals surface area contributed by atoms with Crippen molar-refractivity contribution in [1.29, 1.82) is 0 Å².